The van der Waals surface area contributed by atoms with Crippen LogP contribution in [0.5, 0.6) is 5.75 Å². The predicted octanol–water partition coefficient (Wildman–Crippen LogP) is 12.7. The van der Waals surface area contributed by atoms with E-state index < -0.39 is 0 Å². The molecule has 0 aliphatic rings. The molecule has 3 heterocycles. The van der Waals surface area contributed by atoms with E-state index in [9.17, 15) is 0 Å². The lowest BCUT2D eigenvalue weighted by Gasteiger charge is -2.20. The molecule has 10 aromatic rings. The van der Waals surface area contributed by atoms with Gasteiger partial charge in [0.25, 0.3) is 0 Å². The van der Waals surface area contributed by atoms with Gasteiger partial charge in [0.2, 0.25) is 0 Å². The van der Waals surface area contributed by atoms with Crippen molar-refractivity contribution in [3.8, 4) is 44.8 Å². The van der Waals surface area contributed by atoms with E-state index in [1.54, 1.807) is 7.11 Å². The van der Waals surface area contributed by atoms with Crippen molar-refractivity contribution >= 4 is 64.0 Å². The van der Waals surface area contributed by atoms with E-state index in [1.807, 2.05) is 29.8 Å². The minimum atomic E-state index is 0.842. The molecule has 7 aromatic carbocycles. The fourth-order valence-electron chi connectivity index (χ4n) is 7.69. The highest BCUT2D eigenvalue weighted by Gasteiger charge is 2.22. The number of hydrogen-bond donors (Lipinski definition) is 0. The van der Waals surface area contributed by atoms with E-state index in [1.165, 1.54) is 69.3 Å². The van der Waals surface area contributed by atoms with Gasteiger partial charge in [0.1, 0.15) is 5.75 Å². The minimum Gasteiger partial charge on any atom is -0.497 e. The van der Waals surface area contributed by atoms with Gasteiger partial charge in [-0.2, -0.15) is 0 Å². The lowest BCUT2D eigenvalue weighted by Crippen LogP contribution is -1.95. The molecule has 0 radical (unpaired) electrons. The van der Waals surface area contributed by atoms with E-state index in [2.05, 4.69) is 155 Å². The standard InChI is InChI=1S/C46H30N2OS/c1-49-35-18-16-29(17-19-35)43-38-21-20-37-36-14-5-6-15-42(36)50-46(37)45(38)40-27-41-31(22-24-48(41)34-12-3-2-4-13-34)26-39(40)44(43)32-10-7-9-30(25-32)33-11-8-23-47-28-33/h2-28H,1H3. The number of nitrogens with zero attached hydrogens (tertiary/aromatic N) is 2. The molecule has 3 nitrogen and oxygen atoms in total. The summed E-state index contributed by atoms with van der Waals surface area (Å²) in [6.07, 6.45) is 5.97. The maximum atomic E-state index is 5.61. The Labute approximate surface area is 293 Å². The topological polar surface area (TPSA) is 27.1 Å². The summed E-state index contributed by atoms with van der Waals surface area (Å²) in [4.78, 5) is 4.43. The number of pyridine rings is 1. The van der Waals surface area contributed by atoms with Crippen LogP contribution in [-0.2, 0) is 0 Å². The summed E-state index contributed by atoms with van der Waals surface area (Å²) in [7, 11) is 1.72. The van der Waals surface area contributed by atoms with E-state index in [-0.39, 0.29) is 0 Å². The second-order valence-corrected chi connectivity index (χ2v) is 13.8. The molecule has 0 saturated carbocycles. The summed E-state index contributed by atoms with van der Waals surface area (Å²) >= 11 is 1.89. The highest BCUT2D eigenvalue weighted by molar-refractivity contribution is 7.26. The number of thiophene rings is 1. The van der Waals surface area contributed by atoms with Gasteiger partial charge in [0.05, 0.1) is 12.6 Å². The third-order valence-electron chi connectivity index (χ3n) is 9.99. The molecular weight excluding hydrogens is 629 g/mol. The average Bonchev–Trinajstić information content (AvgIpc) is 3.78. The third kappa shape index (κ3) is 4.46. The minimum absolute atomic E-state index is 0.842. The number of aromatic nitrogens is 2. The number of methoxy groups -OCH3 is 1. The first-order valence-corrected chi connectivity index (χ1v) is 17.6. The van der Waals surface area contributed by atoms with Gasteiger partial charge in [-0.15, -0.1) is 11.3 Å². The molecule has 0 N–H and O–H groups in total. The lowest BCUT2D eigenvalue weighted by atomic mass is 9.83. The molecule has 4 heteroatoms. The highest BCUT2D eigenvalue weighted by atomic mass is 32.1. The molecule has 0 amide bonds. The molecule has 0 atom stereocenters. The lowest BCUT2D eigenvalue weighted by molar-refractivity contribution is 0.415. The number of benzene rings is 7. The average molecular weight is 659 g/mol. The maximum Gasteiger partial charge on any atom is 0.118 e. The molecular formula is C46H30N2OS. The zero-order chi connectivity index (χ0) is 33.2. The van der Waals surface area contributed by atoms with Crippen LogP contribution in [0.15, 0.2) is 164 Å². The van der Waals surface area contributed by atoms with Crippen molar-refractivity contribution in [2.75, 3.05) is 7.11 Å². The van der Waals surface area contributed by atoms with Gasteiger partial charge in [-0.3, -0.25) is 4.98 Å². The van der Waals surface area contributed by atoms with Gasteiger partial charge in [0.15, 0.2) is 0 Å². The molecule has 236 valence electrons. The normalized spacial score (nSPS) is 11.7. The first-order valence-electron chi connectivity index (χ1n) is 16.8. The monoisotopic (exact) mass is 658 g/mol. The van der Waals surface area contributed by atoms with Crippen LogP contribution in [0.4, 0.5) is 0 Å². The Morgan fingerprint density at radius 1 is 0.560 bits per heavy atom. The van der Waals surface area contributed by atoms with Crippen molar-refractivity contribution in [3.05, 3.63) is 164 Å². The van der Waals surface area contributed by atoms with Crippen LogP contribution in [0.3, 0.4) is 0 Å². The fraction of sp³-hybridized carbons (Fsp3) is 0.0217. The Morgan fingerprint density at radius 3 is 2.18 bits per heavy atom. The number of fused-ring (bicyclic) bond motifs is 8. The van der Waals surface area contributed by atoms with Crippen LogP contribution in [-0.4, -0.2) is 16.7 Å². The predicted molar refractivity (Wildman–Crippen MR) is 212 cm³/mol. The van der Waals surface area contributed by atoms with Crippen LogP contribution in [0.25, 0.3) is 91.7 Å². The third-order valence-corrected chi connectivity index (χ3v) is 11.2. The molecule has 3 aromatic heterocycles. The van der Waals surface area contributed by atoms with Crippen molar-refractivity contribution in [1.29, 1.82) is 0 Å². The molecule has 50 heavy (non-hydrogen) atoms. The Hall–Kier alpha value is -6.23. The number of ether oxygens (including phenoxy) is 1. The van der Waals surface area contributed by atoms with Crippen LogP contribution >= 0.6 is 11.3 Å². The Bertz CT molecular complexity index is 2890. The van der Waals surface area contributed by atoms with E-state index in [0.717, 1.165) is 28.1 Å². The van der Waals surface area contributed by atoms with Crippen LogP contribution in [0, 0.1) is 0 Å². The Kier molecular flexibility index (Phi) is 6.58. The highest BCUT2D eigenvalue weighted by Crippen LogP contribution is 2.50. The second-order valence-electron chi connectivity index (χ2n) is 12.7. The summed E-state index contributed by atoms with van der Waals surface area (Å²) in [6, 6.07) is 52.8. The number of rotatable bonds is 5. The largest absolute Gasteiger partial charge is 0.497 e. The van der Waals surface area contributed by atoms with E-state index in [4.69, 9.17) is 4.74 Å². The van der Waals surface area contributed by atoms with Gasteiger partial charge in [0, 0.05) is 60.8 Å². The summed E-state index contributed by atoms with van der Waals surface area (Å²) < 4.78 is 10.5. The summed E-state index contributed by atoms with van der Waals surface area (Å²) in [6.45, 7) is 0. The van der Waals surface area contributed by atoms with Crippen molar-refractivity contribution < 1.29 is 4.74 Å². The van der Waals surface area contributed by atoms with Gasteiger partial charge in [-0.25, -0.2) is 0 Å². The van der Waals surface area contributed by atoms with Crippen molar-refractivity contribution in [3.63, 3.8) is 0 Å². The van der Waals surface area contributed by atoms with Crippen LogP contribution in [0.2, 0.25) is 0 Å². The fourth-order valence-corrected chi connectivity index (χ4v) is 8.95. The van der Waals surface area contributed by atoms with Gasteiger partial charge < -0.3 is 9.30 Å². The van der Waals surface area contributed by atoms with Crippen molar-refractivity contribution in [2.45, 2.75) is 0 Å². The summed E-state index contributed by atoms with van der Waals surface area (Å²) in [5.41, 5.74) is 9.34. The van der Waals surface area contributed by atoms with Gasteiger partial charge in [-0.1, -0.05) is 84.9 Å². The van der Waals surface area contributed by atoms with E-state index in [0.29, 0.717) is 0 Å². The van der Waals surface area contributed by atoms with Crippen molar-refractivity contribution in [1.82, 2.24) is 9.55 Å². The molecule has 0 saturated heterocycles. The quantitative estimate of drug-likeness (QED) is 0.172. The van der Waals surface area contributed by atoms with Gasteiger partial charge in [-0.05, 0) is 105 Å². The maximum absolute atomic E-state index is 5.61. The molecule has 0 spiro atoms. The Balaban J connectivity index is 1.41. The summed E-state index contributed by atoms with van der Waals surface area (Å²) in [5, 5.41) is 8.81. The molecule has 0 aliphatic heterocycles. The second kappa shape index (κ2) is 11.4. The first kappa shape index (κ1) is 28.8. The molecule has 0 unspecified atom stereocenters. The number of para-hydroxylation sites is 1. The first-order chi connectivity index (χ1) is 24.7. The molecule has 0 fully saturated rings. The molecule has 10 rings (SSSR count). The van der Waals surface area contributed by atoms with Gasteiger partial charge >= 0.3 is 0 Å². The smallest absolute Gasteiger partial charge is 0.118 e. The van der Waals surface area contributed by atoms with E-state index >= 15 is 0 Å². The van der Waals surface area contributed by atoms with Crippen LogP contribution < -0.4 is 4.74 Å². The molecule has 0 aliphatic carbocycles. The SMILES string of the molecule is COc1ccc(-c2c(-c3cccc(-c4cccnc4)c3)c3cc4ccn(-c5ccccc5)c4cc3c3c2ccc2c4ccccc4sc23)cc1. The zero-order valence-electron chi connectivity index (χ0n) is 27.3. The zero-order valence-corrected chi connectivity index (χ0v) is 28.1. The van der Waals surface area contributed by atoms with Crippen LogP contribution in [0.1, 0.15) is 0 Å². The Morgan fingerprint density at radius 2 is 1.34 bits per heavy atom. The van der Waals surface area contributed by atoms with Crippen molar-refractivity contribution in [2.24, 2.45) is 0 Å². The number of hydrogen-bond acceptors (Lipinski definition) is 3. The summed E-state index contributed by atoms with van der Waals surface area (Å²) in [5.74, 6) is 0.842. The molecule has 0 bridgehead atoms.